The Kier molecular flexibility index (Phi) is 4.73. The molecule has 1 amide bonds. The lowest BCUT2D eigenvalue weighted by Gasteiger charge is -2.23. The number of rotatable bonds is 3. The molecule has 5 rings (SSSR count). The van der Waals surface area contributed by atoms with Crippen molar-refractivity contribution >= 4 is 50.8 Å². The Morgan fingerprint density at radius 1 is 1.03 bits per heavy atom. The summed E-state index contributed by atoms with van der Waals surface area (Å²) in [6.45, 7) is 2.72. The Morgan fingerprint density at radius 2 is 1.87 bits per heavy atom. The molecule has 0 saturated carbocycles. The number of nitrogens with one attached hydrogen (secondary N) is 2. The van der Waals surface area contributed by atoms with E-state index in [0.29, 0.717) is 0 Å². The maximum absolute atomic E-state index is 12.5. The second kappa shape index (κ2) is 7.69. The first-order valence-electron chi connectivity index (χ1n) is 9.88. The fraction of sp³-hybridized carbons (Fsp3) is 0.0800. The number of nitrogens with zero attached hydrogens (tertiary/aromatic N) is 1. The van der Waals surface area contributed by atoms with E-state index in [1.165, 1.54) is 22.1 Å². The van der Waals surface area contributed by atoms with Crippen molar-refractivity contribution in [3.8, 4) is 0 Å². The van der Waals surface area contributed by atoms with Gasteiger partial charge in [-0.2, -0.15) is 0 Å². The van der Waals surface area contributed by atoms with Gasteiger partial charge >= 0.3 is 0 Å². The van der Waals surface area contributed by atoms with Crippen LogP contribution in [0.25, 0.3) is 10.8 Å². The number of hydrogen-bond acceptors (Lipinski definition) is 4. The average Bonchev–Trinajstić information content (AvgIpc) is 3.08. The first-order chi connectivity index (χ1) is 14.7. The summed E-state index contributed by atoms with van der Waals surface area (Å²) < 4.78 is 0. The highest BCUT2D eigenvalue weighted by Crippen LogP contribution is 2.39. The second-order valence-corrected chi connectivity index (χ2v) is 8.17. The van der Waals surface area contributed by atoms with E-state index in [2.05, 4.69) is 64.2 Å². The summed E-state index contributed by atoms with van der Waals surface area (Å²) in [5, 5.41) is 10.9. The number of hydrogen-bond donors (Lipinski definition) is 2. The van der Waals surface area contributed by atoms with Gasteiger partial charge in [-0.1, -0.05) is 30.3 Å². The average molecular weight is 412 g/mol. The van der Waals surface area contributed by atoms with E-state index in [1.807, 2.05) is 42.6 Å². The Labute approximate surface area is 179 Å². The monoisotopic (exact) mass is 411 g/mol. The molecule has 4 aromatic rings. The van der Waals surface area contributed by atoms with Gasteiger partial charge in [0, 0.05) is 29.5 Å². The number of benzene rings is 3. The first kappa shape index (κ1) is 18.5. The van der Waals surface area contributed by atoms with E-state index in [-0.39, 0.29) is 5.91 Å². The van der Waals surface area contributed by atoms with Crippen LogP contribution in [0.2, 0.25) is 0 Å². The number of fused-ring (bicyclic) bond motifs is 3. The van der Waals surface area contributed by atoms with Gasteiger partial charge in [0.25, 0.3) is 5.91 Å². The van der Waals surface area contributed by atoms with Crippen molar-refractivity contribution in [2.45, 2.75) is 6.92 Å². The van der Waals surface area contributed by atoms with Crippen LogP contribution in [-0.2, 0) is 0 Å². The lowest BCUT2D eigenvalue weighted by molar-refractivity contribution is 0.103. The highest BCUT2D eigenvalue weighted by molar-refractivity contribution is 7.12. The van der Waals surface area contributed by atoms with Crippen molar-refractivity contribution in [3.63, 3.8) is 0 Å². The quantitative estimate of drug-likeness (QED) is 0.402. The minimum atomic E-state index is -0.0640. The van der Waals surface area contributed by atoms with Crippen molar-refractivity contribution in [2.24, 2.45) is 0 Å². The van der Waals surface area contributed by atoms with E-state index in [1.54, 1.807) is 0 Å². The van der Waals surface area contributed by atoms with Crippen LogP contribution in [0.15, 0.2) is 84.4 Å². The zero-order valence-electron chi connectivity index (χ0n) is 16.6. The van der Waals surface area contributed by atoms with Gasteiger partial charge in [-0.25, -0.2) is 0 Å². The molecule has 1 aromatic heterocycles. The molecule has 30 heavy (non-hydrogen) atoms. The molecule has 0 saturated heterocycles. The SMILES string of the molecule is Cc1ccsc1C(=O)Nc1ccc(N2C=CCNc3c2ccc2ccccc32)cc1. The molecule has 0 spiro atoms. The summed E-state index contributed by atoms with van der Waals surface area (Å²) in [5.41, 5.74) is 5.06. The van der Waals surface area contributed by atoms with Gasteiger partial charge in [-0.15, -0.1) is 11.3 Å². The number of thiophene rings is 1. The van der Waals surface area contributed by atoms with Crippen molar-refractivity contribution in [2.75, 3.05) is 22.1 Å². The lowest BCUT2D eigenvalue weighted by Crippen LogP contribution is -2.12. The van der Waals surface area contributed by atoms with Crippen molar-refractivity contribution in [1.29, 1.82) is 0 Å². The molecule has 3 aromatic carbocycles. The summed E-state index contributed by atoms with van der Waals surface area (Å²) >= 11 is 1.46. The summed E-state index contributed by atoms with van der Waals surface area (Å²) in [5.74, 6) is -0.0640. The Hall–Kier alpha value is -3.57. The molecule has 2 N–H and O–H groups in total. The molecule has 5 heteroatoms. The normalized spacial score (nSPS) is 12.9. The number of amides is 1. The van der Waals surface area contributed by atoms with Gasteiger partial charge < -0.3 is 15.5 Å². The number of carbonyl (C=O) groups is 1. The standard InChI is InChI=1S/C25H21N3OS/c1-17-13-16-30-24(17)25(29)27-19-8-10-20(11-9-19)28-15-4-14-26-23-21-6-3-2-5-18(21)7-12-22(23)28/h2-13,15-16,26H,14H2,1H3,(H,27,29). The highest BCUT2D eigenvalue weighted by atomic mass is 32.1. The molecule has 2 heterocycles. The maximum Gasteiger partial charge on any atom is 0.265 e. The molecule has 0 unspecified atom stereocenters. The topological polar surface area (TPSA) is 44.4 Å². The van der Waals surface area contributed by atoms with E-state index < -0.39 is 0 Å². The molecule has 4 nitrogen and oxygen atoms in total. The fourth-order valence-corrected chi connectivity index (χ4v) is 4.59. The molecular formula is C25H21N3OS. The van der Waals surface area contributed by atoms with Crippen LogP contribution in [0.1, 0.15) is 15.2 Å². The number of carbonyl (C=O) groups excluding carboxylic acids is 1. The molecule has 148 valence electrons. The van der Waals surface area contributed by atoms with E-state index >= 15 is 0 Å². The Bertz CT molecular complexity index is 1260. The predicted octanol–water partition coefficient (Wildman–Crippen LogP) is 6.54. The predicted molar refractivity (Wildman–Crippen MR) is 127 cm³/mol. The van der Waals surface area contributed by atoms with Crippen LogP contribution in [0.3, 0.4) is 0 Å². The van der Waals surface area contributed by atoms with Gasteiger partial charge in [0.2, 0.25) is 0 Å². The van der Waals surface area contributed by atoms with E-state index in [9.17, 15) is 4.79 Å². The summed E-state index contributed by atoms with van der Waals surface area (Å²) in [7, 11) is 0. The van der Waals surface area contributed by atoms with Gasteiger partial charge in [-0.3, -0.25) is 4.79 Å². The minimum absolute atomic E-state index is 0.0640. The molecule has 1 aliphatic rings. The summed E-state index contributed by atoms with van der Waals surface area (Å²) in [4.78, 5) is 15.4. The molecule has 0 atom stereocenters. The molecule has 1 aliphatic heterocycles. The van der Waals surface area contributed by atoms with Crippen molar-refractivity contribution in [1.82, 2.24) is 0 Å². The summed E-state index contributed by atoms with van der Waals surface area (Å²) in [6, 6.07) is 22.6. The number of anilines is 4. The second-order valence-electron chi connectivity index (χ2n) is 7.25. The van der Waals surface area contributed by atoms with E-state index in [4.69, 9.17) is 0 Å². The smallest absolute Gasteiger partial charge is 0.265 e. The van der Waals surface area contributed by atoms with Gasteiger partial charge in [0.15, 0.2) is 0 Å². The molecule has 0 aliphatic carbocycles. The lowest BCUT2D eigenvalue weighted by atomic mass is 10.1. The van der Waals surface area contributed by atoms with Crippen LogP contribution < -0.4 is 15.5 Å². The minimum Gasteiger partial charge on any atom is -0.379 e. The van der Waals surface area contributed by atoms with Gasteiger partial charge in [0.05, 0.1) is 16.3 Å². The number of aryl methyl sites for hydroxylation is 1. The van der Waals surface area contributed by atoms with Crippen molar-refractivity contribution < 1.29 is 4.79 Å². The zero-order chi connectivity index (χ0) is 20.5. The molecular weight excluding hydrogens is 390 g/mol. The third-order valence-corrected chi connectivity index (χ3v) is 6.30. The van der Waals surface area contributed by atoms with Gasteiger partial charge in [0.1, 0.15) is 0 Å². The Morgan fingerprint density at radius 3 is 2.67 bits per heavy atom. The highest BCUT2D eigenvalue weighted by Gasteiger charge is 2.16. The van der Waals surface area contributed by atoms with E-state index in [0.717, 1.165) is 39.7 Å². The molecule has 0 bridgehead atoms. The first-order valence-corrected chi connectivity index (χ1v) is 10.8. The fourth-order valence-electron chi connectivity index (χ4n) is 3.77. The van der Waals surface area contributed by atoms with Crippen LogP contribution >= 0.6 is 11.3 Å². The van der Waals surface area contributed by atoms with Crippen LogP contribution in [0, 0.1) is 6.92 Å². The zero-order valence-corrected chi connectivity index (χ0v) is 17.4. The molecule has 0 radical (unpaired) electrons. The Balaban J connectivity index is 1.45. The maximum atomic E-state index is 12.5. The van der Waals surface area contributed by atoms with Crippen LogP contribution in [0.4, 0.5) is 22.7 Å². The largest absolute Gasteiger partial charge is 0.379 e. The van der Waals surface area contributed by atoms with Crippen LogP contribution in [-0.4, -0.2) is 12.5 Å². The van der Waals surface area contributed by atoms with Gasteiger partial charge in [-0.05, 0) is 65.7 Å². The summed E-state index contributed by atoms with van der Waals surface area (Å²) in [6.07, 6.45) is 4.21. The third kappa shape index (κ3) is 3.33. The third-order valence-electron chi connectivity index (χ3n) is 5.29. The van der Waals surface area contributed by atoms with Crippen molar-refractivity contribution in [3.05, 3.63) is 94.8 Å². The molecule has 0 fully saturated rings. The van der Waals surface area contributed by atoms with Crippen LogP contribution in [0.5, 0.6) is 0 Å².